The highest BCUT2D eigenvalue weighted by atomic mass is 16.4. The number of carboxylic acids is 1. The number of aliphatic carboxylic acids is 1. The second-order valence-corrected chi connectivity index (χ2v) is 5.15. The van der Waals surface area contributed by atoms with Crippen LogP contribution in [0.15, 0.2) is 24.3 Å². The van der Waals surface area contributed by atoms with Crippen LogP contribution < -0.4 is 10.6 Å². The van der Waals surface area contributed by atoms with Gasteiger partial charge in [0.25, 0.3) is 0 Å². The Labute approximate surface area is 114 Å². The van der Waals surface area contributed by atoms with Crippen molar-refractivity contribution in [2.24, 2.45) is 5.73 Å². The van der Waals surface area contributed by atoms with Crippen LogP contribution in [0, 0.1) is 0 Å². The molecule has 1 aliphatic heterocycles. The fourth-order valence-electron chi connectivity index (χ4n) is 2.68. The SMILES string of the molecule is N[C@H](CCCC(=O)O)c1ccccc1N1CCCC1. The molecule has 1 aromatic rings. The molecule has 1 atom stereocenters. The summed E-state index contributed by atoms with van der Waals surface area (Å²) in [6.45, 7) is 2.19. The lowest BCUT2D eigenvalue weighted by molar-refractivity contribution is -0.137. The third-order valence-electron chi connectivity index (χ3n) is 3.69. The highest BCUT2D eigenvalue weighted by molar-refractivity contribution is 5.66. The van der Waals surface area contributed by atoms with Gasteiger partial charge in [-0.2, -0.15) is 0 Å². The van der Waals surface area contributed by atoms with Crippen molar-refractivity contribution < 1.29 is 9.90 Å². The summed E-state index contributed by atoms with van der Waals surface area (Å²) in [5.41, 5.74) is 8.60. The average molecular weight is 262 g/mol. The van der Waals surface area contributed by atoms with Gasteiger partial charge in [-0.3, -0.25) is 4.79 Å². The summed E-state index contributed by atoms with van der Waals surface area (Å²) >= 11 is 0. The predicted octanol–water partition coefficient (Wildman–Crippen LogP) is 2.54. The van der Waals surface area contributed by atoms with Gasteiger partial charge in [0, 0.05) is 31.2 Å². The molecule has 0 radical (unpaired) electrons. The van der Waals surface area contributed by atoms with Crippen molar-refractivity contribution in [3.63, 3.8) is 0 Å². The average Bonchev–Trinajstić information content (AvgIpc) is 2.92. The molecular weight excluding hydrogens is 240 g/mol. The predicted molar refractivity (Wildman–Crippen MR) is 76.3 cm³/mol. The lowest BCUT2D eigenvalue weighted by Gasteiger charge is -2.24. The topological polar surface area (TPSA) is 66.6 Å². The van der Waals surface area contributed by atoms with Crippen LogP contribution in [0.3, 0.4) is 0 Å². The molecule has 19 heavy (non-hydrogen) atoms. The summed E-state index contributed by atoms with van der Waals surface area (Å²) in [5, 5.41) is 8.68. The summed E-state index contributed by atoms with van der Waals surface area (Å²) in [4.78, 5) is 12.9. The summed E-state index contributed by atoms with van der Waals surface area (Å²) in [7, 11) is 0. The Morgan fingerprint density at radius 1 is 1.32 bits per heavy atom. The second kappa shape index (κ2) is 6.57. The highest BCUT2D eigenvalue weighted by Crippen LogP contribution is 2.30. The van der Waals surface area contributed by atoms with Gasteiger partial charge in [0.1, 0.15) is 0 Å². The van der Waals surface area contributed by atoms with Gasteiger partial charge in [-0.15, -0.1) is 0 Å². The minimum absolute atomic E-state index is 0.0730. The van der Waals surface area contributed by atoms with E-state index in [1.807, 2.05) is 12.1 Å². The van der Waals surface area contributed by atoms with Crippen LogP contribution in [0.1, 0.15) is 43.7 Å². The van der Waals surface area contributed by atoms with Gasteiger partial charge in [-0.1, -0.05) is 18.2 Å². The molecule has 1 aliphatic rings. The molecule has 0 spiro atoms. The largest absolute Gasteiger partial charge is 0.481 e. The van der Waals surface area contributed by atoms with Crippen molar-refractivity contribution in [1.29, 1.82) is 0 Å². The number of rotatable bonds is 6. The number of hydrogen-bond donors (Lipinski definition) is 2. The van der Waals surface area contributed by atoms with Gasteiger partial charge in [0.2, 0.25) is 0 Å². The molecule has 1 heterocycles. The smallest absolute Gasteiger partial charge is 0.303 e. The van der Waals surface area contributed by atoms with Gasteiger partial charge in [0.15, 0.2) is 0 Å². The van der Waals surface area contributed by atoms with E-state index in [9.17, 15) is 4.79 Å². The fraction of sp³-hybridized carbons (Fsp3) is 0.533. The van der Waals surface area contributed by atoms with Crippen molar-refractivity contribution in [1.82, 2.24) is 0 Å². The van der Waals surface area contributed by atoms with E-state index in [1.54, 1.807) is 0 Å². The molecule has 0 saturated carbocycles. The molecule has 3 N–H and O–H groups in total. The first kappa shape index (κ1) is 13.9. The number of nitrogens with two attached hydrogens (primary N) is 1. The summed E-state index contributed by atoms with van der Waals surface area (Å²) in [6.07, 6.45) is 4.02. The third-order valence-corrected chi connectivity index (χ3v) is 3.69. The van der Waals surface area contributed by atoms with E-state index in [0.29, 0.717) is 6.42 Å². The number of carbonyl (C=O) groups is 1. The van der Waals surface area contributed by atoms with Crippen molar-refractivity contribution in [2.75, 3.05) is 18.0 Å². The number of carboxylic acid groups (broad SMARTS) is 1. The Morgan fingerprint density at radius 2 is 2.00 bits per heavy atom. The maximum atomic E-state index is 10.5. The summed E-state index contributed by atoms with van der Waals surface area (Å²) in [6, 6.07) is 8.17. The molecule has 1 aromatic carbocycles. The first-order chi connectivity index (χ1) is 9.18. The van der Waals surface area contributed by atoms with Gasteiger partial charge in [-0.25, -0.2) is 0 Å². The Kier molecular flexibility index (Phi) is 4.80. The summed E-state index contributed by atoms with van der Waals surface area (Å²) < 4.78 is 0. The van der Waals surface area contributed by atoms with Crippen LogP contribution >= 0.6 is 0 Å². The minimum Gasteiger partial charge on any atom is -0.481 e. The van der Waals surface area contributed by atoms with Crippen LogP contribution in [0.25, 0.3) is 0 Å². The van der Waals surface area contributed by atoms with E-state index in [0.717, 1.165) is 25.1 Å². The molecule has 4 nitrogen and oxygen atoms in total. The van der Waals surface area contributed by atoms with Crippen molar-refractivity contribution in [2.45, 2.75) is 38.1 Å². The monoisotopic (exact) mass is 262 g/mol. The van der Waals surface area contributed by atoms with Crippen molar-refractivity contribution in [3.05, 3.63) is 29.8 Å². The Balaban J connectivity index is 2.03. The van der Waals surface area contributed by atoms with Gasteiger partial charge in [0.05, 0.1) is 0 Å². The van der Waals surface area contributed by atoms with Crippen LogP contribution in [0.4, 0.5) is 5.69 Å². The molecule has 4 heteroatoms. The molecule has 1 fully saturated rings. The Bertz CT molecular complexity index is 428. The molecule has 1 saturated heterocycles. The van der Waals surface area contributed by atoms with Crippen LogP contribution in [0.5, 0.6) is 0 Å². The Morgan fingerprint density at radius 3 is 2.68 bits per heavy atom. The van der Waals surface area contributed by atoms with Crippen LogP contribution in [-0.2, 0) is 4.79 Å². The van der Waals surface area contributed by atoms with Crippen LogP contribution in [0.2, 0.25) is 0 Å². The first-order valence-corrected chi connectivity index (χ1v) is 6.99. The molecule has 0 unspecified atom stereocenters. The quantitative estimate of drug-likeness (QED) is 0.826. The van der Waals surface area contributed by atoms with E-state index in [4.69, 9.17) is 10.8 Å². The van der Waals surface area contributed by atoms with E-state index >= 15 is 0 Å². The third kappa shape index (κ3) is 3.70. The highest BCUT2D eigenvalue weighted by Gasteiger charge is 2.18. The Hall–Kier alpha value is -1.55. The molecule has 0 bridgehead atoms. The van der Waals surface area contributed by atoms with E-state index < -0.39 is 5.97 Å². The first-order valence-electron chi connectivity index (χ1n) is 6.99. The second-order valence-electron chi connectivity index (χ2n) is 5.15. The minimum atomic E-state index is -0.750. The number of hydrogen-bond acceptors (Lipinski definition) is 3. The lowest BCUT2D eigenvalue weighted by atomic mass is 9.99. The number of para-hydroxylation sites is 1. The maximum Gasteiger partial charge on any atom is 0.303 e. The molecule has 0 aliphatic carbocycles. The van der Waals surface area contributed by atoms with Crippen LogP contribution in [-0.4, -0.2) is 24.2 Å². The van der Waals surface area contributed by atoms with Gasteiger partial charge < -0.3 is 15.7 Å². The fourth-order valence-corrected chi connectivity index (χ4v) is 2.68. The van der Waals surface area contributed by atoms with Crippen molar-refractivity contribution >= 4 is 11.7 Å². The zero-order valence-corrected chi connectivity index (χ0v) is 11.2. The molecule has 0 amide bonds. The van der Waals surface area contributed by atoms with Gasteiger partial charge in [-0.05, 0) is 37.3 Å². The van der Waals surface area contributed by atoms with Gasteiger partial charge >= 0.3 is 5.97 Å². The standard InChI is InChI=1S/C15H22N2O2/c16-13(7-5-9-15(18)19)12-6-1-2-8-14(12)17-10-3-4-11-17/h1-2,6,8,13H,3-5,7,9-11,16H2,(H,18,19)/t13-/m1/s1. The van der Waals surface area contributed by atoms with E-state index in [-0.39, 0.29) is 12.5 Å². The zero-order chi connectivity index (χ0) is 13.7. The number of nitrogens with zero attached hydrogens (tertiary/aromatic N) is 1. The zero-order valence-electron chi connectivity index (χ0n) is 11.2. The summed E-state index contributed by atoms with van der Waals surface area (Å²) in [5.74, 6) is -0.750. The molecule has 2 rings (SSSR count). The number of benzene rings is 1. The van der Waals surface area contributed by atoms with E-state index in [2.05, 4.69) is 17.0 Å². The molecule has 0 aromatic heterocycles. The number of anilines is 1. The molecular formula is C15H22N2O2. The maximum absolute atomic E-state index is 10.5. The van der Waals surface area contributed by atoms with E-state index in [1.165, 1.54) is 18.5 Å². The van der Waals surface area contributed by atoms with Crippen molar-refractivity contribution in [3.8, 4) is 0 Å². The normalized spacial score (nSPS) is 16.6. The lowest BCUT2D eigenvalue weighted by Crippen LogP contribution is -2.22. The molecule has 104 valence electrons.